The van der Waals surface area contributed by atoms with Crippen molar-refractivity contribution in [2.75, 3.05) is 18.5 Å². The Balaban J connectivity index is 1.57. The molecule has 0 radical (unpaired) electrons. The van der Waals surface area contributed by atoms with Crippen LogP contribution >= 0.6 is 0 Å². The molecule has 1 heterocycles. The largest absolute Gasteiger partial charge is 0.586 e. The third-order valence-electron chi connectivity index (χ3n) is 3.53. The second-order valence-corrected chi connectivity index (χ2v) is 5.49. The van der Waals surface area contributed by atoms with E-state index in [0.717, 1.165) is 0 Å². The molecule has 2 aromatic rings. The number of benzene rings is 2. The van der Waals surface area contributed by atoms with Crippen LogP contribution in [0.1, 0.15) is 17.3 Å². The summed E-state index contributed by atoms with van der Waals surface area (Å²) in [7, 11) is 0. The van der Waals surface area contributed by atoms with Crippen molar-refractivity contribution in [2.24, 2.45) is 0 Å². The monoisotopic (exact) mass is 378 g/mol. The molecule has 9 heteroatoms. The maximum atomic E-state index is 13.0. The van der Waals surface area contributed by atoms with Crippen molar-refractivity contribution >= 4 is 17.5 Å². The first-order valence-electron chi connectivity index (χ1n) is 8.08. The number of amides is 2. The molecule has 0 aromatic heterocycles. The standard InChI is InChI=1S/C18H16F2N2O5/c1-2-25-13-6-4-3-5-12(13)17(24)21-10-16(23)22-11-7-8-14-15(9-11)27-18(19,20)26-14/h3-9H,2,10H2,1H3,(H,21,24)(H,22,23). The molecule has 27 heavy (non-hydrogen) atoms. The lowest BCUT2D eigenvalue weighted by molar-refractivity contribution is -0.286. The van der Waals surface area contributed by atoms with Gasteiger partial charge in [-0.2, -0.15) is 0 Å². The number of alkyl halides is 2. The van der Waals surface area contributed by atoms with Gasteiger partial charge in [-0.25, -0.2) is 0 Å². The summed E-state index contributed by atoms with van der Waals surface area (Å²) in [6.07, 6.45) is -3.73. The molecule has 0 spiro atoms. The summed E-state index contributed by atoms with van der Waals surface area (Å²) in [5, 5.41) is 4.96. The summed E-state index contributed by atoms with van der Waals surface area (Å²) < 4.78 is 40.0. The van der Waals surface area contributed by atoms with Crippen LogP contribution in [0.3, 0.4) is 0 Å². The molecule has 0 atom stereocenters. The number of nitrogens with one attached hydrogen (secondary N) is 2. The molecule has 7 nitrogen and oxygen atoms in total. The number of carbonyl (C=O) groups excluding carboxylic acids is 2. The molecule has 2 N–H and O–H groups in total. The van der Waals surface area contributed by atoms with Crippen LogP contribution in [0.5, 0.6) is 17.2 Å². The summed E-state index contributed by atoms with van der Waals surface area (Å²) >= 11 is 0. The van der Waals surface area contributed by atoms with Gasteiger partial charge >= 0.3 is 6.29 Å². The molecule has 0 saturated carbocycles. The minimum atomic E-state index is -3.73. The topological polar surface area (TPSA) is 85.9 Å². The van der Waals surface area contributed by atoms with E-state index < -0.39 is 18.1 Å². The second-order valence-electron chi connectivity index (χ2n) is 5.49. The van der Waals surface area contributed by atoms with Crippen LogP contribution in [0.25, 0.3) is 0 Å². The first-order chi connectivity index (χ1) is 12.9. The van der Waals surface area contributed by atoms with E-state index in [4.69, 9.17) is 4.74 Å². The number of hydrogen-bond donors (Lipinski definition) is 2. The third kappa shape index (κ3) is 4.43. The van der Waals surface area contributed by atoms with E-state index in [1.54, 1.807) is 31.2 Å². The molecule has 0 bridgehead atoms. The van der Waals surface area contributed by atoms with E-state index in [2.05, 4.69) is 20.1 Å². The van der Waals surface area contributed by atoms with Crippen molar-refractivity contribution in [3.05, 3.63) is 48.0 Å². The normalized spacial score (nSPS) is 13.7. The Bertz CT molecular complexity index is 873. The third-order valence-corrected chi connectivity index (χ3v) is 3.53. The van der Waals surface area contributed by atoms with Gasteiger partial charge in [-0.15, -0.1) is 8.78 Å². The van der Waals surface area contributed by atoms with Crippen molar-refractivity contribution in [3.8, 4) is 17.2 Å². The van der Waals surface area contributed by atoms with Gasteiger partial charge in [0, 0.05) is 11.8 Å². The SMILES string of the molecule is CCOc1ccccc1C(=O)NCC(=O)Nc1ccc2c(c1)OC(F)(F)O2. The summed E-state index contributed by atoms with van der Waals surface area (Å²) in [4.78, 5) is 24.2. The van der Waals surface area contributed by atoms with Crippen molar-refractivity contribution in [2.45, 2.75) is 13.2 Å². The summed E-state index contributed by atoms with van der Waals surface area (Å²) in [5.74, 6) is -0.914. The van der Waals surface area contributed by atoms with E-state index in [-0.39, 0.29) is 23.7 Å². The van der Waals surface area contributed by atoms with Crippen LogP contribution in [-0.4, -0.2) is 31.3 Å². The van der Waals surface area contributed by atoms with E-state index in [1.165, 1.54) is 18.2 Å². The number of carbonyl (C=O) groups is 2. The number of rotatable bonds is 6. The van der Waals surface area contributed by atoms with Gasteiger partial charge in [0.15, 0.2) is 11.5 Å². The van der Waals surface area contributed by atoms with Crippen LogP contribution in [0.4, 0.5) is 14.5 Å². The zero-order chi connectivity index (χ0) is 19.4. The van der Waals surface area contributed by atoms with Gasteiger partial charge < -0.3 is 24.8 Å². The molecule has 1 aliphatic rings. The van der Waals surface area contributed by atoms with Crippen LogP contribution in [-0.2, 0) is 4.79 Å². The molecule has 3 rings (SSSR count). The quantitative estimate of drug-likeness (QED) is 0.807. The summed E-state index contributed by atoms with van der Waals surface area (Å²) in [6.45, 7) is 1.88. The number of fused-ring (bicyclic) bond motifs is 1. The molecule has 0 aliphatic carbocycles. The van der Waals surface area contributed by atoms with Crippen molar-refractivity contribution in [1.82, 2.24) is 5.32 Å². The minimum absolute atomic E-state index is 0.126. The van der Waals surface area contributed by atoms with Gasteiger partial charge in [-0.3, -0.25) is 9.59 Å². The molecule has 0 unspecified atom stereocenters. The number of ether oxygens (including phenoxy) is 3. The number of halogens is 2. The highest BCUT2D eigenvalue weighted by Crippen LogP contribution is 2.42. The Hall–Kier alpha value is -3.36. The van der Waals surface area contributed by atoms with Gasteiger partial charge in [-0.1, -0.05) is 12.1 Å². The molecule has 0 saturated heterocycles. The predicted octanol–water partition coefficient (Wildman–Crippen LogP) is 2.78. The fourth-order valence-corrected chi connectivity index (χ4v) is 2.42. The van der Waals surface area contributed by atoms with Crippen LogP contribution in [0, 0.1) is 0 Å². The maximum absolute atomic E-state index is 13.0. The van der Waals surface area contributed by atoms with Gasteiger partial charge in [0.05, 0.1) is 18.7 Å². The fourth-order valence-electron chi connectivity index (χ4n) is 2.42. The van der Waals surface area contributed by atoms with E-state index >= 15 is 0 Å². The predicted molar refractivity (Wildman–Crippen MR) is 91.2 cm³/mol. The zero-order valence-electron chi connectivity index (χ0n) is 14.3. The lowest BCUT2D eigenvalue weighted by atomic mass is 10.2. The van der Waals surface area contributed by atoms with E-state index in [9.17, 15) is 18.4 Å². The lowest BCUT2D eigenvalue weighted by Crippen LogP contribution is -2.33. The Kier molecular flexibility index (Phi) is 5.11. The first-order valence-corrected chi connectivity index (χ1v) is 8.08. The maximum Gasteiger partial charge on any atom is 0.586 e. The van der Waals surface area contributed by atoms with Crippen molar-refractivity contribution in [1.29, 1.82) is 0 Å². The zero-order valence-corrected chi connectivity index (χ0v) is 14.3. The first kappa shape index (κ1) is 18.4. The molecule has 142 valence electrons. The lowest BCUT2D eigenvalue weighted by Gasteiger charge is -2.11. The van der Waals surface area contributed by atoms with Crippen molar-refractivity contribution < 1.29 is 32.6 Å². The van der Waals surface area contributed by atoms with Gasteiger partial charge in [-0.05, 0) is 31.2 Å². The van der Waals surface area contributed by atoms with Gasteiger partial charge in [0.2, 0.25) is 5.91 Å². The average Bonchev–Trinajstić information content (AvgIpc) is 2.93. The van der Waals surface area contributed by atoms with Crippen LogP contribution in [0.15, 0.2) is 42.5 Å². The highest BCUT2D eigenvalue weighted by Gasteiger charge is 2.43. The Morgan fingerprint density at radius 2 is 1.85 bits per heavy atom. The Labute approximate surface area is 153 Å². The molecule has 2 amide bonds. The highest BCUT2D eigenvalue weighted by atomic mass is 19.3. The summed E-state index contributed by atoms with van der Waals surface area (Å²) in [6, 6.07) is 10.5. The second kappa shape index (κ2) is 7.48. The number of para-hydroxylation sites is 1. The number of hydrogen-bond acceptors (Lipinski definition) is 5. The van der Waals surface area contributed by atoms with Gasteiger partial charge in [0.25, 0.3) is 5.91 Å². The molecule has 0 fully saturated rings. The molecular formula is C18H16F2N2O5. The smallest absolute Gasteiger partial charge is 0.493 e. The Morgan fingerprint density at radius 3 is 2.63 bits per heavy atom. The summed E-state index contributed by atoms with van der Waals surface area (Å²) in [5.41, 5.74) is 0.529. The van der Waals surface area contributed by atoms with Crippen LogP contribution in [0.2, 0.25) is 0 Å². The minimum Gasteiger partial charge on any atom is -0.493 e. The van der Waals surface area contributed by atoms with Crippen LogP contribution < -0.4 is 24.8 Å². The number of anilines is 1. The average molecular weight is 378 g/mol. The molecule has 1 aliphatic heterocycles. The fraction of sp³-hybridized carbons (Fsp3) is 0.222. The molecular weight excluding hydrogens is 362 g/mol. The van der Waals surface area contributed by atoms with Gasteiger partial charge in [0.1, 0.15) is 5.75 Å². The molecule has 2 aromatic carbocycles. The van der Waals surface area contributed by atoms with E-state index in [1.807, 2.05) is 0 Å². The highest BCUT2D eigenvalue weighted by molar-refractivity contribution is 6.00. The Morgan fingerprint density at radius 1 is 1.11 bits per heavy atom. The van der Waals surface area contributed by atoms with Crippen molar-refractivity contribution in [3.63, 3.8) is 0 Å². The van der Waals surface area contributed by atoms with E-state index in [0.29, 0.717) is 17.9 Å².